The largest absolute Gasteiger partial charge is 0.497 e. The van der Waals surface area contributed by atoms with Gasteiger partial charge in [0.1, 0.15) is 5.75 Å². The topological polar surface area (TPSA) is 81.0 Å². The number of methoxy groups -OCH3 is 1. The maximum Gasteiger partial charge on any atom is 0.251 e. The molecule has 3 aromatic rings. The first-order chi connectivity index (χ1) is 16.3. The maximum atomic E-state index is 13.1. The van der Waals surface area contributed by atoms with E-state index >= 15 is 0 Å². The summed E-state index contributed by atoms with van der Waals surface area (Å²) in [6.45, 7) is 3.32. The third-order valence-electron chi connectivity index (χ3n) is 6.08. The molecular weight excluding hydrogens is 490 g/mol. The lowest BCUT2D eigenvalue weighted by Crippen LogP contribution is -2.40. The molecule has 182 valence electrons. The molecule has 1 aliphatic rings. The summed E-state index contributed by atoms with van der Waals surface area (Å²) in [6.07, 6.45) is 2.99. The standard InChI is InChI=1S/C24H29N3O4S3/c1-17-4-7-20(8-5-17)34(29,30)26-12-10-18(11-13-26)23(28)25-24-27(14-15-32-3)21-9-6-19(31-2)16-22(21)33-24/h4-9,16,18H,10-15H2,1-3H3. The number of carbonyl (C=O) groups is 1. The first-order valence-electron chi connectivity index (χ1n) is 11.1. The van der Waals surface area contributed by atoms with Crippen LogP contribution in [0.25, 0.3) is 10.2 Å². The van der Waals surface area contributed by atoms with Crippen LogP contribution < -0.4 is 9.54 Å². The van der Waals surface area contributed by atoms with E-state index in [4.69, 9.17) is 4.74 Å². The van der Waals surface area contributed by atoms with Gasteiger partial charge in [0.2, 0.25) is 10.0 Å². The molecule has 1 amide bonds. The Morgan fingerprint density at radius 1 is 1.18 bits per heavy atom. The summed E-state index contributed by atoms with van der Waals surface area (Å²) < 4.78 is 35.9. The van der Waals surface area contributed by atoms with Crippen molar-refractivity contribution in [3.8, 4) is 5.75 Å². The van der Waals surface area contributed by atoms with E-state index in [9.17, 15) is 13.2 Å². The molecule has 1 saturated heterocycles. The van der Waals surface area contributed by atoms with Gasteiger partial charge in [-0.25, -0.2) is 8.42 Å². The highest BCUT2D eigenvalue weighted by molar-refractivity contribution is 7.98. The van der Waals surface area contributed by atoms with Crippen molar-refractivity contribution in [1.29, 1.82) is 0 Å². The highest BCUT2D eigenvalue weighted by Gasteiger charge is 2.32. The normalized spacial score (nSPS) is 16.3. The van der Waals surface area contributed by atoms with Crippen LogP contribution >= 0.6 is 23.1 Å². The number of piperidine rings is 1. The molecule has 1 fully saturated rings. The van der Waals surface area contributed by atoms with E-state index in [2.05, 4.69) is 15.8 Å². The summed E-state index contributed by atoms with van der Waals surface area (Å²) in [5, 5.41) is 0. The summed E-state index contributed by atoms with van der Waals surface area (Å²) >= 11 is 3.22. The minimum absolute atomic E-state index is 0.177. The van der Waals surface area contributed by atoms with Crippen molar-refractivity contribution in [3.63, 3.8) is 0 Å². The molecule has 0 saturated carbocycles. The Bertz CT molecular complexity index is 1340. The van der Waals surface area contributed by atoms with E-state index < -0.39 is 10.0 Å². The van der Waals surface area contributed by atoms with Gasteiger partial charge in [-0.1, -0.05) is 29.0 Å². The average Bonchev–Trinajstić information content (AvgIpc) is 3.18. The molecule has 0 N–H and O–H groups in total. The first-order valence-corrected chi connectivity index (χ1v) is 14.8. The third kappa shape index (κ3) is 5.25. The number of rotatable bonds is 7. The number of sulfonamides is 1. The van der Waals surface area contributed by atoms with E-state index in [1.54, 1.807) is 43.1 Å². The zero-order valence-electron chi connectivity index (χ0n) is 19.6. The van der Waals surface area contributed by atoms with E-state index in [1.165, 1.54) is 15.6 Å². The lowest BCUT2D eigenvalue weighted by atomic mass is 9.98. The smallest absolute Gasteiger partial charge is 0.251 e. The van der Waals surface area contributed by atoms with Crippen molar-refractivity contribution in [2.24, 2.45) is 10.9 Å². The zero-order chi connectivity index (χ0) is 24.3. The van der Waals surface area contributed by atoms with Crippen molar-refractivity contribution in [2.45, 2.75) is 31.2 Å². The minimum Gasteiger partial charge on any atom is -0.497 e. The maximum absolute atomic E-state index is 13.1. The number of hydrogen-bond donors (Lipinski definition) is 0. The Labute approximate surface area is 208 Å². The number of thioether (sulfide) groups is 1. The van der Waals surface area contributed by atoms with Gasteiger partial charge in [-0.15, -0.1) is 0 Å². The van der Waals surface area contributed by atoms with Gasteiger partial charge in [-0.3, -0.25) is 4.79 Å². The predicted octanol–water partition coefficient (Wildman–Crippen LogP) is 3.91. The molecule has 0 aliphatic carbocycles. The molecule has 0 atom stereocenters. The Kier molecular flexibility index (Phi) is 7.81. The molecular formula is C24H29N3O4S3. The highest BCUT2D eigenvalue weighted by atomic mass is 32.2. The summed E-state index contributed by atoms with van der Waals surface area (Å²) in [6, 6.07) is 12.8. The molecule has 2 aromatic carbocycles. The van der Waals surface area contributed by atoms with Crippen LogP contribution in [0.4, 0.5) is 0 Å². The third-order valence-corrected chi connectivity index (χ3v) is 9.62. The van der Waals surface area contributed by atoms with Crippen LogP contribution in [0.15, 0.2) is 52.4 Å². The van der Waals surface area contributed by atoms with Gasteiger partial charge in [0, 0.05) is 31.3 Å². The van der Waals surface area contributed by atoms with Crippen LogP contribution in [-0.2, 0) is 21.4 Å². The van der Waals surface area contributed by atoms with Crippen molar-refractivity contribution in [3.05, 3.63) is 52.8 Å². The summed E-state index contributed by atoms with van der Waals surface area (Å²) in [4.78, 5) is 18.6. The molecule has 0 spiro atoms. The fourth-order valence-electron chi connectivity index (χ4n) is 4.05. The SMILES string of the molecule is COc1ccc2c(c1)sc(=NC(=O)C1CCN(S(=O)(=O)c3ccc(C)cc3)CC1)n2CCSC. The van der Waals surface area contributed by atoms with Crippen molar-refractivity contribution < 1.29 is 17.9 Å². The Morgan fingerprint density at radius 3 is 2.53 bits per heavy atom. The number of aromatic nitrogens is 1. The van der Waals surface area contributed by atoms with E-state index in [1.807, 2.05) is 25.1 Å². The second-order valence-corrected chi connectivity index (χ2v) is 12.2. The van der Waals surface area contributed by atoms with Crippen LogP contribution in [0.3, 0.4) is 0 Å². The second kappa shape index (κ2) is 10.6. The van der Waals surface area contributed by atoms with Gasteiger partial charge in [0.15, 0.2) is 4.80 Å². The fraction of sp³-hybridized carbons (Fsp3) is 0.417. The van der Waals surface area contributed by atoms with Crippen LogP contribution in [0.1, 0.15) is 18.4 Å². The highest BCUT2D eigenvalue weighted by Crippen LogP contribution is 2.26. The van der Waals surface area contributed by atoms with Gasteiger partial charge in [-0.05, 0) is 56.4 Å². The lowest BCUT2D eigenvalue weighted by molar-refractivity contribution is -0.122. The minimum atomic E-state index is -3.55. The van der Waals surface area contributed by atoms with Gasteiger partial charge >= 0.3 is 0 Å². The van der Waals surface area contributed by atoms with Gasteiger partial charge < -0.3 is 9.30 Å². The fourth-order valence-corrected chi connectivity index (χ4v) is 6.98. The van der Waals surface area contributed by atoms with Gasteiger partial charge in [-0.2, -0.15) is 21.1 Å². The second-order valence-electron chi connectivity index (χ2n) is 8.30. The Balaban J connectivity index is 1.53. The summed E-state index contributed by atoms with van der Waals surface area (Å²) in [7, 11) is -1.92. The number of benzene rings is 2. The van der Waals surface area contributed by atoms with Gasteiger partial charge in [0.05, 0.1) is 22.2 Å². The number of ether oxygens (including phenoxy) is 1. The molecule has 0 radical (unpaired) electrons. The molecule has 10 heteroatoms. The number of thiazole rings is 1. The summed E-state index contributed by atoms with van der Waals surface area (Å²) in [5.74, 6) is 1.22. The van der Waals surface area contributed by atoms with E-state index in [-0.39, 0.29) is 11.8 Å². The van der Waals surface area contributed by atoms with Crippen molar-refractivity contribution >= 4 is 49.2 Å². The lowest BCUT2D eigenvalue weighted by Gasteiger charge is -2.29. The van der Waals surface area contributed by atoms with Gasteiger partial charge in [0.25, 0.3) is 5.91 Å². The van der Waals surface area contributed by atoms with Crippen LogP contribution in [0.5, 0.6) is 5.75 Å². The molecule has 1 aliphatic heterocycles. The molecule has 2 heterocycles. The number of fused-ring (bicyclic) bond motifs is 1. The molecule has 0 bridgehead atoms. The first kappa shape index (κ1) is 25.0. The molecule has 7 nitrogen and oxygen atoms in total. The number of nitrogens with zero attached hydrogens (tertiary/aromatic N) is 3. The molecule has 1 aromatic heterocycles. The van der Waals surface area contributed by atoms with Crippen molar-refractivity contribution in [2.75, 3.05) is 32.2 Å². The van der Waals surface area contributed by atoms with Crippen molar-refractivity contribution in [1.82, 2.24) is 8.87 Å². The molecule has 34 heavy (non-hydrogen) atoms. The predicted molar refractivity (Wildman–Crippen MR) is 138 cm³/mol. The number of aryl methyl sites for hydroxylation is 2. The molecule has 0 unspecified atom stereocenters. The van der Waals surface area contributed by atoms with E-state index in [0.717, 1.165) is 33.8 Å². The monoisotopic (exact) mass is 519 g/mol. The number of carbonyl (C=O) groups excluding carboxylic acids is 1. The van der Waals surface area contributed by atoms with Crippen LogP contribution in [-0.4, -0.2) is 55.4 Å². The average molecular weight is 520 g/mol. The Morgan fingerprint density at radius 2 is 1.88 bits per heavy atom. The number of amides is 1. The number of hydrogen-bond acceptors (Lipinski definition) is 6. The zero-order valence-corrected chi connectivity index (χ0v) is 22.0. The quantitative estimate of drug-likeness (QED) is 0.473. The van der Waals surface area contributed by atoms with Crippen LogP contribution in [0.2, 0.25) is 0 Å². The molecule has 4 rings (SSSR count). The summed E-state index contributed by atoms with van der Waals surface area (Å²) in [5.41, 5.74) is 2.05. The Hall–Kier alpha value is -2.14. The van der Waals surface area contributed by atoms with Crippen LogP contribution in [0, 0.1) is 12.8 Å². The van der Waals surface area contributed by atoms with E-state index in [0.29, 0.717) is 35.6 Å².